The molecule has 1 fully saturated rings. The van der Waals surface area contributed by atoms with E-state index in [1.807, 2.05) is 18.2 Å². The zero-order chi connectivity index (χ0) is 14.1. The number of benzene rings is 1. The van der Waals surface area contributed by atoms with Gasteiger partial charge in [0.1, 0.15) is 6.10 Å². The highest BCUT2D eigenvalue weighted by Gasteiger charge is 2.34. The van der Waals surface area contributed by atoms with E-state index in [0.29, 0.717) is 12.8 Å². The summed E-state index contributed by atoms with van der Waals surface area (Å²) in [7, 11) is 0. The molecule has 5 heteroatoms. The van der Waals surface area contributed by atoms with Gasteiger partial charge in [-0.05, 0) is 55.4 Å². The smallest absolute Gasteiger partial charge is 0.332 e. The lowest BCUT2D eigenvalue weighted by Crippen LogP contribution is -2.29. The van der Waals surface area contributed by atoms with E-state index < -0.39 is 18.2 Å². The molecule has 1 heterocycles. The summed E-state index contributed by atoms with van der Waals surface area (Å²) in [5, 5.41) is 11.7. The first-order valence-electron chi connectivity index (χ1n) is 6.94. The minimum atomic E-state index is -1.00. The molecule has 1 amide bonds. The SMILES string of the molecule is O=C(O)C1CCC(C(=O)Nc2ccc3c(c2)CCC3)O1. The molecule has 0 radical (unpaired) electrons. The summed E-state index contributed by atoms with van der Waals surface area (Å²) in [5.74, 6) is -1.26. The normalized spacial score (nSPS) is 24.4. The highest BCUT2D eigenvalue weighted by Crippen LogP contribution is 2.26. The molecule has 0 spiro atoms. The fourth-order valence-corrected chi connectivity index (χ4v) is 2.88. The van der Waals surface area contributed by atoms with Crippen molar-refractivity contribution in [2.24, 2.45) is 0 Å². The Morgan fingerprint density at radius 1 is 1.15 bits per heavy atom. The molecule has 1 aromatic rings. The predicted molar refractivity (Wildman–Crippen MR) is 72.6 cm³/mol. The maximum atomic E-state index is 12.1. The Balaban J connectivity index is 1.63. The van der Waals surface area contributed by atoms with Crippen LogP contribution in [0.2, 0.25) is 0 Å². The lowest BCUT2D eigenvalue weighted by atomic mass is 10.1. The lowest BCUT2D eigenvalue weighted by molar-refractivity contribution is -0.150. The maximum Gasteiger partial charge on any atom is 0.332 e. The average molecular weight is 275 g/mol. The summed E-state index contributed by atoms with van der Waals surface area (Å²) < 4.78 is 5.24. The topological polar surface area (TPSA) is 75.6 Å². The summed E-state index contributed by atoms with van der Waals surface area (Å²) in [6.07, 6.45) is 2.65. The number of hydrogen-bond acceptors (Lipinski definition) is 3. The third-order valence-corrected chi connectivity index (χ3v) is 3.95. The van der Waals surface area contributed by atoms with E-state index in [2.05, 4.69) is 5.32 Å². The number of carboxylic acid groups (broad SMARTS) is 1. The summed E-state index contributed by atoms with van der Waals surface area (Å²) in [4.78, 5) is 22.9. The minimum Gasteiger partial charge on any atom is -0.479 e. The summed E-state index contributed by atoms with van der Waals surface area (Å²) in [5.41, 5.74) is 3.41. The second-order valence-corrected chi connectivity index (χ2v) is 5.36. The van der Waals surface area contributed by atoms with Gasteiger partial charge in [0.2, 0.25) is 0 Å². The fraction of sp³-hybridized carbons (Fsp3) is 0.467. The number of aliphatic carboxylic acids is 1. The molecule has 1 aromatic carbocycles. The van der Waals surface area contributed by atoms with E-state index in [1.165, 1.54) is 17.5 Å². The Morgan fingerprint density at radius 2 is 1.90 bits per heavy atom. The van der Waals surface area contributed by atoms with E-state index in [4.69, 9.17) is 9.84 Å². The molecular weight excluding hydrogens is 258 g/mol. The quantitative estimate of drug-likeness (QED) is 0.881. The number of carbonyl (C=O) groups excluding carboxylic acids is 1. The molecule has 1 aliphatic carbocycles. The first kappa shape index (κ1) is 13.1. The monoisotopic (exact) mass is 275 g/mol. The number of nitrogens with one attached hydrogen (secondary N) is 1. The van der Waals surface area contributed by atoms with Crippen LogP contribution in [0, 0.1) is 0 Å². The molecule has 1 saturated heterocycles. The van der Waals surface area contributed by atoms with Crippen molar-refractivity contribution >= 4 is 17.6 Å². The highest BCUT2D eigenvalue weighted by atomic mass is 16.5. The number of carboxylic acids is 1. The second kappa shape index (κ2) is 5.25. The van der Waals surface area contributed by atoms with E-state index >= 15 is 0 Å². The van der Waals surface area contributed by atoms with Crippen LogP contribution >= 0.6 is 0 Å². The van der Waals surface area contributed by atoms with Crippen LogP contribution in [0.3, 0.4) is 0 Å². The van der Waals surface area contributed by atoms with Crippen molar-refractivity contribution in [3.8, 4) is 0 Å². The molecular formula is C15H17NO4. The zero-order valence-electron chi connectivity index (χ0n) is 11.1. The number of amides is 1. The van der Waals surface area contributed by atoms with Gasteiger partial charge in [-0.15, -0.1) is 0 Å². The van der Waals surface area contributed by atoms with Crippen LogP contribution in [-0.4, -0.2) is 29.2 Å². The molecule has 106 valence electrons. The number of rotatable bonds is 3. The maximum absolute atomic E-state index is 12.1. The van der Waals surface area contributed by atoms with Crippen LogP contribution in [0.1, 0.15) is 30.4 Å². The van der Waals surface area contributed by atoms with Crippen molar-refractivity contribution in [3.63, 3.8) is 0 Å². The van der Waals surface area contributed by atoms with Gasteiger partial charge in [0.15, 0.2) is 6.10 Å². The van der Waals surface area contributed by atoms with Gasteiger partial charge in [-0.25, -0.2) is 4.79 Å². The molecule has 2 unspecified atom stereocenters. The molecule has 0 aromatic heterocycles. The van der Waals surface area contributed by atoms with Crippen molar-refractivity contribution < 1.29 is 19.4 Å². The molecule has 3 rings (SSSR count). The van der Waals surface area contributed by atoms with Gasteiger partial charge in [-0.3, -0.25) is 4.79 Å². The van der Waals surface area contributed by atoms with Gasteiger partial charge in [0.25, 0.3) is 5.91 Å². The molecule has 20 heavy (non-hydrogen) atoms. The zero-order valence-corrected chi connectivity index (χ0v) is 11.1. The Bertz CT molecular complexity index is 555. The molecule has 0 bridgehead atoms. The fourth-order valence-electron chi connectivity index (χ4n) is 2.88. The Hall–Kier alpha value is -1.88. The van der Waals surface area contributed by atoms with E-state index in [1.54, 1.807) is 0 Å². The molecule has 1 aliphatic heterocycles. The predicted octanol–water partition coefficient (Wildman–Crippen LogP) is 1.75. The van der Waals surface area contributed by atoms with Gasteiger partial charge < -0.3 is 15.2 Å². The lowest BCUT2D eigenvalue weighted by Gasteiger charge is -2.12. The molecule has 2 N–H and O–H groups in total. The minimum absolute atomic E-state index is 0.258. The van der Waals surface area contributed by atoms with Gasteiger partial charge in [-0.1, -0.05) is 6.07 Å². The highest BCUT2D eigenvalue weighted by molar-refractivity contribution is 5.94. The molecule has 2 atom stereocenters. The Morgan fingerprint density at radius 3 is 2.65 bits per heavy atom. The van der Waals surface area contributed by atoms with Crippen molar-refractivity contribution in [2.45, 2.75) is 44.3 Å². The van der Waals surface area contributed by atoms with Crippen molar-refractivity contribution in [1.82, 2.24) is 0 Å². The average Bonchev–Trinajstić information content (AvgIpc) is 3.07. The van der Waals surface area contributed by atoms with Gasteiger partial charge in [-0.2, -0.15) is 0 Å². The number of carbonyl (C=O) groups is 2. The van der Waals surface area contributed by atoms with E-state index in [-0.39, 0.29) is 5.91 Å². The number of aryl methyl sites for hydroxylation is 2. The van der Waals surface area contributed by atoms with Crippen LogP contribution in [-0.2, 0) is 27.2 Å². The van der Waals surface area contributed by atoms with Gasteiger partial charge in [0, 0.05) is 5.69 Å². The second-order valence-electron chi connectivity index (χ2n) is 5.36. The first-order valence-corrected chi connectivity index (χ1v) is 6.94. The largest absolute Gasteiger partial charge is 0.479 e. The molecule has 2 aliphatic rings. The third kappa shape index (κ3) is 2.54. The van der Waals surface area contributed by atoms with Gasteiger partial charge >= 0.3 is 5.97 Å². The summed E-state index contributed by atoms with van der Waals surface area (Å²) in [6, 6.07) is 5.95. The molecule has 5 nitrogen and oxygen atoms in total. The van der Waals surface area contributed by atoms with Crippen LogP contribution < -0.4 is 5.32 Å². The van der Waals surface area contributed by atoms with Crippen molar-refractivity contribution in [1.29, 1.82) is 0 Å². The van der Waals surface area contributed by atoms with E-state index in [0.717, 1.165) is 18.5 Å². The van der Waals surface area contributed by atoms with Crippen LogP contribution in [0.5, 0.6) is 0 Å². The van der Waals surface area contributed by atoms with Crippen LogP contribution in [0.4, 0.5) is 5.69 Å². The summed E-state index contributed by atoms with van der Waals surface area (Å²) in [6.45, 7) is 0. The number of ether oxygens (including phenoxy) is 1. The van der Waals surface area contributed by atoms with E-state index in [9.17, 15) is 9.59 Å². The number of hydrogen-bond donors (Lipinski definition) is 2. The first-order chi connectivity index (χ1) is 9.63. The van der Waals surface area contributed by atoms with Gasteiger partial charge in [0.05, 0.1) is 0 Å². The summed E-state index contributed by atoms with van der Waals surface area (Å²) >= 11 is 0. The van der Waals surface area contributed by atoms with Crippen molar-refractivity contribution in [2.75, 3.05) is 5.32 Å². The Kier molecular flexibility index (Phi) is 3.44. The van der Waals surface area contributed by atoms with Crippen LogP contribution in [0.15, 0.2) is 18.2 Å². The number of fused-ring (bicyclic) bond motifs is 1. The number of anilines is 1. The third-order valence-electron chi connectivity index (χ3n) is 3.95. The van der Waals surface area contributed by atoms with Crippen molar-refractivity contribution in [3.05, 3.63) is 29.3 Å². The Labute approximate surface area is 116 Å². The standard InChI is InChI=1S/C15H17NO4/c17-14(12-6-7-13(20-12)15(18)19)16-11-5-4-9-2-1-3-10(9)8-11/h4-5,8,12-13H,1-3,6-7H2,(H,16,17)(H,18,19). The molecule has 0 saturated carbocycles. The van der Waals surface area contributed by atoms with Crippen LogP contribution in [0.25, 0.3) is 0 Å².